The minimum absolute atomic E-state index is 0.346. The highest BCUT2D eigenvalue weighted by molar-refractivity contribution is 5.76. The minimum Gasteiger partial charge on any atom is -0.355 e. The third-order valence-electron chi connectivity index (χ3n) is 5.24. The fraction of sp³-hybridized carbons (Fsp3) is 0.647. The molecule has 0 unspecified atom stereocenters. The second-order valence-corrected chi connectivity index (χ2v) is 6.94. The zero-order valence-corrected chi connectivity index (χ0v) is 14.2. The van der Waals surface area contributed by atoms with Crippen LogP contribution in [0, 0.1) is 12.8 Å². The predicted molar refractivity (Wildman–Crippen MR) is 90.9 cm³/mol. The van der Waals surface area contributed by atoms with Crippen molar-refractivity contribution in [1.29, 1.82) is 0 Å². The molecule has 0 aromatic carbocycles. The first-order chi connectivity index (χ1) is 11.7. The largest absolute Gasteiger partial charge is 0.355 e. The van der Waals surface area contributed by atoms with Crippen LogP contribution in [-0.2, 0) is 4.79 Å². The molecule has 0 aliphatic carbocycles. The Balaban J connectivity index is 1.38. The summed E-state index contributed by atoms with van der Waals surface area (Å²) in [5.41, 5.74) is 0.787. The van der Waals surface area contributed by atoms with E-state index in [1.54, 1.807) is 4.52 Å². The number of anilines is 1. The number of likely N-dealkylation sites (tertiary alicyclic amines) is 1. The molecule has 2 aromatic rings. The highest BCUT2D eigenvalue weighted by atomic mass is 16.2. The Morgan fingerprint density at radius 1 is 1.12 bits per heavy atom. The molecule has 2 aliphatic rings. The van der Waals surface area contributed by atoms with Gasteiger partial charge in [0.05, 0.1) is 0 Å². The highest BCUT2D eigenvalue weighted by Crippen LogP contribution is 2.24. The second-order valence-electron chi connectivity index (χ2n) is 6.94. The number of hydrogen-bond acceptors (Lipinski definition) is 5. The van der Waals surface area contributed by atoms with E-state index in [1.807, 2.05) is 19.1 Å². The molecule has 0 spiro atoms. The molecule has 0 radical (unpaired) electrons. The monoisotopic (exact) mass is 328 g/mol. The van der Waals surface area contributed by atoms with Crippen molar-refractivity contribution in [2.24, 2.45) is 5.92 Å². The quantitative estimate of drug-likeness (QED) is 0.857. The van der Waals surface area contributed by atoms with E-state index in [2.05, 4.69) is 25.1 Å². The maximum atomic E-state index is 12.0. The van der Waals surface area contributed by atoms with E-state index in [1.165, 1.54) is 0 Å². The molecule has 0 N–H and O–H groups in total. The van der Waals surface area contributed by atoms with Gasteiger partial charge >= 0.3 is 0 Å². The minimum atomic E-state index is 0.346. The average molecular weight is 328 g/mol. The van der Waals surface area contributed by atoms with E-state index < -0.39 is 0 Å². The molecule has 2 fully saturated rings. The van der Waals surface area contributed by atoms with Crippen molar-refractivity contribution < 1.29 is 4.79 Å². The summed E-state index contributed by atoms with van der Waals surface area (Å²) in [6.45, 7) is 5.78. The van der Waals surface area contributed by atoms with Crippen molar-refractivity contribution in [3.8, 4) is 0 Å². The van der Waals surface area contributed by atoms with Crippen molar-refractivity contribution in [2.75, 3.05) is 31.1 Å². The van der Waals surface area contributed by atoms with Crippen LogP contribution in [0.1, 0.15) is 37.9 Å². The summed E-state index contributed by atoms with van der Waals surface area (Å²) in [5.74, 6) is 2.76. The summed E-state index contributed by atoms with van der Waals surface area (Å²) < 4.78 is 1.80. The van der Waals surface area contributed by atoms with E-state index in [4.69, 9.17) is 0 Å². The number of carbonyl (C=O) groups is 1. The Morgan fingerprint density at radius 2 is 1.96 bits per heavy atom. The number of amides is 1. The molecule has 24 heavy (non-hydrogen) atoms. The Labute approximate surface area is 141 Å². The van der Waals surface area contributed by atoms with Gasteiger partial charge in [-0.25, -0.2) is 0 Å². The Hall–Kier alpha value is -2.18. The van der Waals surface area contributed by atoms with Crippen LogP contribution in [0.3, 0.4) is 0 Å². The van der Waals surface area contributed by atoms with Crippen LogP contribution in [0.4, 0.5) is 5.82 Å². The van der Waals surface area contributed by atoms with Crippen molar-refractivity contribution in [3.05, 3.63) is 18.0 Å². The van der Waals surface area contributed by atoms with Gasteiger partial charge in [0.15, 0.2) is 11.5 Å². The summed E-state index contributed by atoms with van der Waals surface area (Å²) in [4.78, 5) is 16.4. The number of fused-ring (bicyclic) bond motifs is 1. The molecule has 0 bridgehead atoms. The molecule has 0 saturated carbocycles. The van der Waals surface area contributed by atoms with Gasteiger partial charge in [-0.15, -0.1) is 15.3 Å². The third kappa shape index (κ3) is 2.95. The molecule has 2 aromatic heterocycles. The first kappa shape index (κ1) is 15.4. The lowest BCUT2D eigenvalue weighted by atomic mass is 9.95. The highest BCUT2D eigenvalue weighted by Gasteiger charge is 2.25. The van der Waals surface area contributed by atoms with Crippen LogP contribution in [-0.4, -0.2) is 56.8 Å². The number of piperidine rings is 2. The summed E-state index contributed by atoms with van der Waals surface area (Å²) in [5, 5.41) is 12.8. The molecular formula is C17H24N6O. The van der Waals surface area contributed by atoms with Crippen LogP contribution < -0.4 is 4.90 Å². The summed E-state index contributed by atoms with van der Waals surface area (Å²) in [6.07, 6.45) is 5.19. The normalized spacial score (nSPS) is 20.1. The zero-order chi connectivity index (χ0) is 16.5. The molecule has 2 aliphatic heterocycles. The van der Waals surface area contributed by atoms with Crippen LogP contribution in [0.2, 0.25) is 0 Å². The van der Waals surface area contributed by atoms with Gasteiger partial charge in [0.25, 0.3) is 0 Å². The Morgan fingerprint density at radius 3 is 2.75 bits per heavy atom. The van der Waals surface area contributed by atoms with Crippen LogP contribution in [0.5, 0.6) is 0 Å². The molecule has 4 rings (SSSR count). The number of hydrogen-bond donors (Lipinski definition) is 0. The van der Waals surface area contributed by atoms with Gasteiger partial charge in [-0.1, -0.05) is 0 Å². The number of aromatic nitrogens is 4. The van der Waals surface area contributed by atoms with Gasteiger partial charge < -0.3 is 9.80 Å². The lowest BCUT2D eigenvalue weighted by molar-refractivity contribution is -0.134. The van der Waals surface area contributed by atoms with Gasteiger partial charge in [-0.2, -0.15) is 4.52 Å². The molecule has 0 atom stereocenters. The fourth-order valence-corrected chi connectivity index (χ4v) is 3.77. The van der Waals surface area contributed by atoms with Crippen LogP contribution in [0.15, 0.2) is 12.1 Å². The van der Waals surface area contributed by atoms with Crippen LogP contribution >= 0.6 is 0 Å². The molecule has 128 valence electrons. The van der Waals surface area contributed by atoms with Gasteiger partial charge in [0.2, 0.25) is 5.91 Å². The SMILES string of the molecule is Cc1nnc2ccc(N3CCC(CN4CCCCC4=O)CC3)nn12. The number of nitrogens with zero attached hydrogens (tertiary/aromatic N) is 6. The number of carbonyl (C=O) groups excluding carboxylic acids is 1. The predicted octanol–water partition coefficient (Wildman–Crippen LogP) is 1.66. The van der Waals surface area contributed by atoms with Gasteiger partial charge in [-0.05, 0) is 50.7 Å². The summed E-state index contributed by atoms with van der Waals surface area (Å²) in [6, 6.07) is 4.00. The fourth-order valence-electron chi connectivity index (χ4n) is 3.77. The number of aryl methyl sites for hydroxylation is 1. The van der Waals surface area contributed by atoms with Crippen LogP contribution in [0.25, 0.3) is 5.65 Å². The molecule has 2 saturated heterocycles. The van der Waals surface area contributed by atoms with Gasteiger partial charge in [0.1, 0.15) is 5.82 Å². The molecule has 7 heteroatoms. The zero-order valence-electron chi connectivity index (χ0n) is 14.2. The van der Waals surface area contributed by atoms with E-state index in [0.717, 1.165) is 75.6 Å². The molecular weight excluding hydrogens is 304 g/mol. The first-order valence-electron chi connectivity index (χ1n) is 8.92. The smallest absolute Gasteiger partial charge is 0.222 e. The molecule has 1 amide bonds. The van der Waals surface area contributed by atoms with Gasteiger partial charge in [-0.3, -0.25) is 4.79 Å². The van der Waals surface area contributed by atoms with Crippen molar-refractivity contribution in [2.45, 2.75) is 39.0 Å². The standard InChI is InChI=1S/C17H24N6O/c1-13-18-19-15-5-6-16(20-23(13)15)21-10-7-14(8-11-21)12-22-9-3-2-4-17(22)24/h5-6,14H,2-4,7-12H2,1H3. The van der Waals surface area contributed by atoms with Crippen molar-refractivity contribution in [1.82, 2.24) is 24.7 Å². The number of rotatable bonds is 3. The second kappa shape index (κ2) is 6.37. The Kier molecular flexibility index (Phi) is 4.08. The van der Waals surface area contributed by atoms with Crippen molar-refractivity contribution >= 4 is 17.4 Å². The first-order valence-corrected chi connectivity index (χ1v) is 8.92. The van der Waals surface area contributed by atoms with E-state index in [9.17, 15) is 4.79 Å². The van der Waals surface area contributed by atoms with E-state index in [0.29, 0.717) is 11.8 Å². The Bertz CT molecular complexity index is 734. The maximum absolute atomic E-state index is 12.0. The summed E-state index contributed by atoms with van der Waals surface area (Å²) in [7, 11) is 0. The maximum Gasteiger partial charge on any atom is 0.222 e. The van der Waals surface area contributed by atoms with E-state index in [-0.39, 0.29) is 0 Å². The van der Waals surface area contributed by atoms with Gasteiger partial charge in [0, 0.05) is 32.6 Å². The lowest BCUT2D eigenvalue weighted by Gasteiger charge is -2.36. The lowest BCUT2D eigenvalue weighted by Crippen LogP contribution is -2.43. The van der Waals surface area contributed by atoms with E-state index >= 15 is 0 Å². The summed E-state index contributed by atoms with van der Waals surface area (Å²) >= 11 is 0. The average Bonchev–Trinajstić information content (AvgIpc) is 2.98. The molecule has 7 nitrogen and oxygen atoms in total. The molecule has 4 heterocycles. The topological polar surface area (TPSA) is 66.6 Å². The third-order valence-corrected chi connectivity index (χ3v) is 5.24. The van der Waals surface area contributed by atoms with Crippen molar-refractivity contribution in [3.63, 3.8) is 0 Å².